The van der Waals surface area contributed by atoms with Crippen molar-refractivity contribution in [3.05, 3.63) is 99.3 Å². The van der Waals surface area contributed by atoms with Gasteiger partial charge in [-0.05, 0) is 47.5 Å². The van der Waals surface area contributed by atoms with Gasteiger partial charge in [-0.1, -0.05) is 35.3 Å². The molecule has 2 aromatic carbocycles. The van der Waals surface area contributed by atoms with Gasteiger partial charge in [0.15, 0.2) is 11.6 Å². The second kappa shape index (κ2) is 8.46. The average molecular weight is 407 g/mol. The second-order valence-corrected chi connectivity index (χ2v) is 6.73. The van der Waals surface area contributed by atoms with Gasteiger partial charge in [0, 0.05) is 41.1 Å². The first-order valence-corrected chi connectivity index (χ1v) is 8.77. The van der Waals surface area contributed by atoms with E-state index in [4.69, 9.17) is 23.2 Å². The van der Waals surface area contributed by atoms with E-state index in [0.717, 1.165) is 17.7 Å². The molecule has 7 heteroatoms. The molecule has 1 amide bonds. The maximum Gasteiger partial charge on any atom is 0.254 e. The molecule has 3 nitrogen and oxygen atoms in total. The number of halogens is 4. The average Bonchev–Trinajstić information content (AvgIpc) is 2.65. The minimum atomic E-state index is -1.08. The van der Waals surface area contributed by atoms with Crippen molar-refractivity contribution >= 4 is 29.1 Å². The van der Waals surface area contributed by atoms with Crippen LogP contribution in [0.3, 0.4) is 0 Å². The van der Waals surface area contributed by atoms with E-state index in [0.29, 0.717) is 15.6 Å². The van der Waals surface area contributed by atoms with Gasteiger partial charge in [-0.3, -0.25) is 9.78 Å². The van der Waals surface area contributed by atoms with E-state index in [1.165, 1.54) is 11.0 Å². The number of benzene rings is 2. The Hall–Kier alpha value is -2.50. The number of carbonyl (C=O) groups excluding carboxylic acids is 1. The van der Waals surface area contributed by atoms with Gasteiger partial charge in [0.25, 0.3) is 5.91 Å². The Bertz CT molecular complexity index is 967. The minimum Gasteiger partial charge on any atom is -0.330 e. The van der Waals surface area contributed by atoms with E-state index in [1.807, 2.05) is 6.07 Å². The van der Waals surface area contributed by atoms with Crippen molar-refractivity contribution in [1.29, 1.82) is 0 Å². The van der Waals surface area contributed by atoms with Gasteiger partial charge in [-0.25, -0.2) is 8.78 Å². The first-order chi connectivity index (χ1) is 12.9. The van der Waals surface area contributed by atoms with Crippen LogP contribution in [0.4, 0.5) is 8.78 Å². The van der Waals surface area contributed by atoms with Crippen LogP contribution in [-0.2, 0) is 13.1 Å². The molecule has 3 rings (SSSR count). The van der Waals surface area contributed by atoms with Crippen LogP contribution >= 0.6 is 23.2 Å². The molecule has 1 aromatic heterocycles. The largest absolute Gasteiger partial charge is 0.330 e. The Morgan fingerprint density at radius 2 is 1.81 bits per heavy atom. The third kappa shape index (κ3) is 4.81. The third-order valence-corrected chi connectivity index (χ3v) is 4.51. The molecular formula is C20H14Cl2F2N2O. The molecule has 3 aromatic rings. The smallest absolute Gasteiger partial charge is 0.254 e. The molecule has 0 saturated heterocycles. The molecule has 0 aliphatic carbocycles. The molecule has 27 heavy (non-hydrogen) atoms. The summed E-state index contributed by atoms with van der Waals surface area (Å²) < 4.78 is 26.8. The number of amides is 1. The molecule has 0 radical (unpaired) electrons. The van der Waals surface area contributed by atoms with Gasteiger partial charge in [-0.15, -0.1) is 0 Å². The third-order valence-electron chi connectivity index (χ3n) is 3.93. The lowest BCUT2D eigenvalue weighted by molar-refractivity contribution is 0.0729. The quantitative estimate of drug-likeness (QED) is 0.559. The van der Waals surface area contributed by atoms with Crippen molar-refractivity contribution in [2.75, 3.05) is 0 Å². The SMILES string of the molecule is O=C(c1ccc(F)c(F)c1)N(Cc1cccnc1)Cc1ccc(Cl)cc1Cl. The fourth-order valence-corrected chi connectivity index (χ4v) is 3.05. The summed E-state index contributed by atoms with van der Waals surface area (Å²) >= 11 is 12.2. The summed E-state index contributed by atoms with van der Waals surface area (Å²) in [5.74, 6) is -2.54. The lowest BCUT2D eigenvalue weighted by Gasteiger charge is -2.24. The van der Waals surface area contributed by atoms with Crippen LogP contribution in [0, 0.1) is 11.6 Å². The number of nitrogens with zero attached hydrogens (tertiary/aromatic N) is 2. The summed E-state index contributed by atoms with van der Waals surface area (Å²) in [6.45, 7) is 0.396. The molecule has 0 aliphatic heterocycles. The van der Waals surface area contributed by atoms with Crippen molar-refractivity contribution in [1.82, 2.24) is 9.88 Å². The number of hydrogen-bond donors (Lipinski definition) is 0. The molecule has 0 spiro atoms. The molecule has 0 aliphatic rings. The summed E-state index contributed by atoms with van der Waals surface area (Å²) in [6, 6.07) is 11.6. The highest BCUT2D eigenvalue weighted by Crippen LogP contribution is 2.24. The first kappa shape index (κ1) is 19.3. The normalized spacial score (nSPS) is 10.7. The first-order valence-electron chi connectivity index (χ1n) is 8.01. The van der Waals surface area contributed by atoms with E-state index in [1.54, 1.807) is 36.7 Å². The van der Waals surface area contributed by atoms with Crippen molar-refractivity contribution in [3.8, 4) is 0 Å². The van der Waals surface area contributed by atoms with Crippen molar-refractivity contribution < 1.29 is 13.6 Å². The van der Waals surface area contributed by atoms with Crippen molar-refractivity contribution in [2.45, 2.75) is 13.1 Å². The lowest BCUT2D eigenvalue weighted by atomic mass is 10.1. The molecular weight excluding hydrogens is 393 g/mol. The molecule has 0 saturated carbocycles. The highest BCUT2D eigenvalue weighted by atomic mass is 35.5. The van der Waals surface area contributed by atoms with Crippen LogP contribution in [0.1, 0.15) is 21.5 Å². The van der Waals surface area contributed by atoms with E-state index in [9.17, 15) is 13.6 Å². The zero-order valence-electron chi connectivity index (χ0n) is 14.0. The summed E-state index contributed by atoms with van der Waals surface area (Å²) in [5.41, 5.74) is 1.52. The lowest BCUT2D eigenvalue weighted by Crippen LogP contribution is -2.30. The van der Waals surface area contributed by atoms with E-state index in [2.05, 4.69) is 4.98 Å². The Labute approximate surface area is 165 Å². The van der Waals surface area contributed by atoms with E-state index in [-0.39, 0.29) is 18.7 Å². The summed E-state index contributed by atoms with van der Waals surface area (Å²) in [4.78, 5) is 18.5. The van der Waals surface area contributed by atoms with E-state index < -0.39 is 17.5 Å². The second-order valence-electron chi connectivity index (χ2n) is 5.89. The van der Waals surface area contributed by atoms with Gasteiger partial charge in [0.2, 0.25) is 0 Å². The van der Waals surface area contributed by atoms with Gasteiger partial charge >= 0.3 is 0 Å². The van der Waals surface area contributed by atoms with E-state index >= 15 is 0 Å². The topological polar surface area (TPSA) is 33.2 Å². The fourth-order valence-electron chi connectivity index (χ4n) is 2.58. The predicted molar refractivity (Wildman–Crippen MR) is 101 cm³/mol. The van der Waals surface area contributed by atoms with Gasteiger partial charge in [0.05, 0.1) is 0 Å². The number of carbonyl (C=O) groups is 1. The van der Waals surface area contributed by atoms with Crippen LogP contribution in [0.5, 0.6) is 0 Å². The van der Waals surface area contributed by atoms with Crippen LogP contribution in [0.2, 0.25) is 10.0 Å². The summed E-state index contributed by atoms with van der Waals surface area (Å²) in [7, 11) is 0. The number of rotatable bonds is 5. The maximum atomic E-state index is 13.6. The Morgan fingerprint density at radius 3 is 2.48 bits per heavy atom. The Balaban J connectivity index is 1.93. The molecule has 0 fully saturated rings. The Kier molecular flexibility index (Phi) is 6.04. The van der Waals surface area contributed by atoms with Crippen LogP contribution in [0.25, 0.3) is 0 Å². The summed E-state index contributed by atoms with van der Waals surface area (Å²) in [5, 5.41) is 0.895. The molecule has 0 unspecified atom stereocenters. The highest BCUT2D eigenvalue weighted by Gasteiger charge is 2.19. The van der Waals surface area contributed by atoms with Gasteiger partial charge < -0.3 is 4.90 Å². The molecule has 0 atom stereocenters. The number of aromatic nitrogens is 1. The fraction of sp³-hybridized carbons (Fsp3) is 0.100. The van der Waals surface area contributed by atoms with Gasteiger partial charge in [0.1, 0.15) is 0 Å². The Morgan fingerprint density at radius 1 is 1.00 bits per heavy atom. The number of hydrogen-bond acceptors (Lipinski definition) is 2. The highest BCUT2D eigenvalue weighted by molar-refractivity contribution is 6.35. The monoisotopic (exact) mass is 406 g/mol. The standard InChI is InChI=1S/C20H14Cl2F2N2O/c21-16-5-3-15(17(22)9-16)12-26(11-13-2-1-7-25-10-13)20(27)14-4-6-18(23)19(24)8-14/h1-10H,11-12H2. The van der Waals surface area contributed by atoms with Crippen LogP contribution in [-0.4, -0.2) is 15.8 Å². The van der Waals surface area contributed by atoms with Crippen molar-refractivity contribution in [2.24, 2.45) is 0 Å². The number of pyridine rings is 1. The minimum absolute atomic E-state index is 0.0443. The zero-order valence-corrected chi connectivity index (χ0v) is 15.5. The molecule has 0 bridgehead atoms. The van der Waals surface area contributed by atoms with Crippen LogP contribution in [0.15, 0.2) is 60.9 Å². The van der Waals surface area contributed by atoms with Crippen molar-refractivity contribution in [3.63, 3.8) is 0 Å². The molecule has 0 N–H and O–H groups in total. The zero-order chi connectivity index (χ0) is 19.4. The predicted octanol–water partition coefficient (Wildman–Crippen LogP) is 5.51. The summed E-state index contributed by atoms with van der Waals surface area (Å²) in [6.07, 6.45) is 3.26. The molecule has 1 heterocycles. The molecule has 138 valence electrons. The van der Waals surface area contributed by atoms with Gasteiger partial charge in [-0.2, -0.15) is 0 Å². The maximum absolute atomic E-state index is 13.6. The van der Waals surface area contributed by atoms with Crippen LogP contribution < -0.4 is 0 Å².